The molecule has 1 aliphatic heterocycles. The van der Waals surface area contributed by atoms with Gasteiger partial charge >= 0.3 is 0 Å². The summed E-state index contributed by atoms with van der Waals surface area (Å²) in [6.07, 6.45) is 12.0. The van der Waals surface area contributed by atoms with Gasteiger partial charge in [-0.15, -0.1) is 0 Å². The van der Waals surface area contributed by atoms with Crippen molar-refractivity contribution in [1.29, 1.82) is 0 Å². The van der Waals surface area contributed by atoms with Crippen molar-refractivity contribution >= 4 is 0 Å². The second-order valence-corrected chi connectivity index (χ2v) is 7.10. The largest absolute Gasteiger partial charge is 0.472 e. The lowest BCUT2D eigenvalue weighted by Crippen LogP contribution is -2.51. The van der Waals surface area contributed by atoms with Crippen LogP contribution in [-0.4, -0.2) is 42.9 Å². The summed E-state index contributed by atoms with van der Waals surface area (Å²) in [7, 11) is 0. The van der Waals surface area contributed by atoms with E-state index in [1.54, 1.807) is 6.26 Å². The van der Waals surface area contributed by atoms with E-state index in [-0.39, 0.29) is 6.10 Å². The lowest BCUT2D eigenvalue weighted by molar-refractivity contribution is -0.119. The van der Waals surface area contributed by atoms with Crippen molar-refractivity contribution in [3.8, 4) is 0 Å². The Morgan fingerprint density at radius 2 is 2.09 bits per heavy atom. The lowest BCUT2D eigenvalue weighted by Gasteiger charge is -2.39. The Balaban J connectivity index is 1.33. The number of rotatable bonds is 5. The third kappa shape index (κ3) is 3.10. The normalized spacial score (nSPS) is 33.4. The van der Waals surface area contributed by atoms with E-state index in [1.165, 1.54) is 37.7 Å². The van der Waals surface area contributed by atoms with Gasteiger partial charge in [-0.05, 0) is 37.7 Å². The molecule has 1 aromatic heterocycles. The highest BCUT2D eigenvalue weighted by Crippen LogP contribution is 2.34. The van der Waals surface area contributed by atoms with Crippen LogP contribution in [0.2, 0.25) is 0 Å². The summed E-state index contributed by atoms with van der Waals surface area (Å²) >= 11 is 0. The van der Waals surface area contributed by atoms with Gasteiger partial charge in [0.15, 0.2) is 0 Å². The summed E-state index contributed by atoms with van der Waals surface area (Å²) in [6.45, 7) is 3.75. The van der Waals surface area contributed by atoms with Crippen molar-refractivity contribution in [3.05, 3.63) is 24.2 Å². The first-order valence-electron chi connectivity index (χ1n) is 8.88. The van der Waals surface area contributed by atoms with Crippen molar-refractivity contribution in [2.75, 3.05) is 19.8 Å². The van der Waals surface area contributed by atoms with Crippen molar-refractivity contribution < 1.29 is 13.9 Å². The Hall–Kier alpha value is -0.840. The van der Waals surface area contributed by atoms with Crippen LogP contribution in [0.25, 0.3) is 0 Å². The molecule has 3 fully saturated rings. The van der Waals surface area contributed by atoms with Gasteiger partial charge in [-0.2, -0.15) is 0 Å². The molecule has 0 N–H and O–H groups in total. The van der Waals surface area contributed by atoms with Crippen LogP contribution in [0.5, 0.6) is 0 Å². The summed E-state index contributed by atoms with van der Waals surface area (Å²) in [5.41, 5.74) is 1.26. The fraction of sp³-hybridized carbons (Fsp3) is 0.778. The number of fused-ring (bicyclic) bond motifs is 1. The molecule has 0 bridgehead atoms. The Bertz CT molecular complexity index is 455. The quantitative estimate of drug-likeness (QED) is 0.836. The van der Waals surface area contributed by atoms with Crippen LogP contribution < -0.4 is 0 Å². The maximum Gasteiger partial charge on any atom is 0.0992 e. The molecule has 22 heavy (non-hydrogen) atoms. The summed E-state index contributed by atoms with van der Waals surface area (Å²) in [5.74, 6) is 0.796. The SMILES string of the molecule is c1cc(CN2CCO[C@H]3[C@H](OCC4CCCC4)CC[C@@H]32)co1. The molecule has 0 spiro atoms. The zero-order valence-electron chi connectivity index (χ0n) is 13.3. The van der Waals surface area contributed by atoms with Crippen molar-refractivity contribution in [1.82, 2.24) is 4.90 Å². The molecule has 2 aliphatic carbocycles. The molecule has 0 aromatic carbocycles. The fourth-order valence-electron chi connectivity index (χ4n) is 4.42. The molecule has 4 nitrogen and oxygen atoms in total. The first-order chi connectivity index (χ1) is 10.9. The molecule has 3 atom stereocenters. The van der Waals surface area contributed by atoms with Gasteiger partial charge in [0.25, 0.3) is 0 Å². The number of hydrogen-bond acceptors (Lipinski definition) is 4. The average molecular weight is 305 g/mol. The highest BCUT2D eigenvalue weighted by atomic mass is 16.5. The average Bonchev–Trinajstić information content (AvgIpc) is 3.27. The van der Waals surface area contributed by atoms with E-state index in [4.69, 9.17) is 13.9 Å². The Morgan fingerprint density at radius 3 is 2.91 bits per heavy atom. The molecule has 3 aliphatic rings. The molecule has 1 saturated heterocycles. The van der Waals surface area contributed by atoms with Crippen LogP contribution >= 0.6 is 0 Å². The third-order valence-electron chi connectivity index (χ3n) is 5.64. The molecular weight excluding hydrogens is 278 g/mol. The van der Waals surface area contributed by atoms with Crippen LogP contribution in [0.15, 0.2) is 23.0 Å². The number of ether oxygens (including phenoxy) is 2. The minimum atomic E-state index is 0.266. The second-order valence-electron chi connectivity index (χ2n) is 7.10. The van der Waals surface area contributed by atoms with Gasteiger partial charge in [-0.25, -0.2) is 0 Å². The number of furan rings is 1. The zero-order chi connectivity index (χ0) is 14.8. The smallest absolute Gasteiger partial charge is 0.0992 e. The number of morpholine rings is 1. The second kappa shape index (κ2) is 6.73. The van der Waals surface area contributed by atoms with Gasteiger partial charge in [0, 0.05) is 31.3 Å². The molecule has 0 radical (unpaired) electrons. The minimum Gasteiger partial charge on any atom is -0.472 e. The topological polar surface area (TPSA) is 34.8 Å². The van der Waals surface area contributed by atoms with E-state index in [0.29, 0.717) is 12.1 Å². The van der Waals surface area contributed by atoms with Crippen LogP contribution in [-0.2, 0) is 16.0 Å². The molecule has 1 aromatic rings. The van der Waals surface area contributed by atoms with Crippen molar-refractivity contribution in [2.45, 2.75) is 63.3 Å². The van der Waals surface area contributed by atoms with E-state index in [9.17, 15) is 0 Å². The molecule has 0 unspecified atom stereocenters. The summed E-state index contributed by atoms with van der Waals surface area (Å²) in [6, 6.07) is 2.57. The molecule has 122 valence electrons. The maximum atomic E-state index is 6.27. The van der Waals surface area contributed by atoms with E-state index in [0.717, 1.165) is 38.6 Å². The van der Waals surface area contributed by atoms with Gasteiger partial charge in [-0.1, -0.05) is 12.8 Å². The molecular formula is C18H27NO3. The lowest BCUT2D eigenvalue weighted by atomic mass is 10.1. The highest BCUT2D eigenvalue weighted by Gasteiger charge is 2.43. The first-order valence-corrected chi connectivity index (χ1v) is 8.88. The van der Waals surface area contributed by atoms with E-state index in [1.807, 2.05) is 6.26 Å². The highest BCUT2D eigenvalue weighted by molar-refractivity contribution is 5.07. The fourth-order valence-corrected chi connectivity index (χ4v) is 4.42. The minimum absolute atomic E-state index is 0.266. The van der Waals surface area contributed by atoms with Gasteiger partial charge in [0.1, 0.15) is 0 Å². The molecule has 2 heterocycles. The van der Waals surface area contributed by atoms with Gasteiger partial charge < -0.3 is 13.9 Å². The van der Waals surface area contributed by atoms with E-state index < -0.39 is 0 Å². The van der Waals surface area contributed by atoms with Crippen LogP contribution in [0, 0.1) is 5.92 Å². The molecule has 0 amide bonds. The first kappa shape index (κ1) is 14.7. The zero-order valence-corrected chi connectivity index (χ0v) is 13.3. The monoisotopic (exact) mass is 305 g/mol. The van der Waals surface area contributed by atoms with E-state index in [2.05, 4.69) is 11.0 Å². The van der Waals surface area contributed by atoms with Gasteiger partial charge in [0.2, 0.25) is 0 Å². The Morgan fingerprint density at radius 1 is 1.18 bits per heavy atom. The predicted molar refractivity (Wildman–Crippen MR) is 83.6 cm³/mol. The molecule has 4 rings (SSSR count). The Kier molecular flexibility index (Phi) is 4.51. The Labute approximate surface area is 132 Å². The van der Waals surface area contributed by atoms with E-state index >= 15 is 0 Å². The summed E-state index contributed by atoms with van der Waals surface area (Å²) in [5, 5.41) is 0. The molecule has 2 saturated carbocycles. The van der Waals surface area contributed by atoms with Gasteiger partial charge in [0.05, 0.1) is 31.3 Å². The number of nitrogens with zero attached hydrogens (tertiary/aromatic N) is 1. The van der Waals surface area contributed by atoms with Gasteiger partial charge in [-0.3, -0.25) is 4.90 Å². The maximum absolute atomic E-state index is 6.27. The van der Waals surface area contributed by atoms with Crippen molar-refractivity contribution in [2.24, 2.45) is 5.92 Å². The standard InChI is InChI=1S/C18H27NO3/c1-2-4-14(3-1)13-22-17-6-5-16-18(17)21-10-8-19(16)11-15-7-9-20-12-15/h7,9,12,14,16-18H,1-6,8,10-11,13H2/t16-,17+,18+/m0/s1. The van der Waals surface area contributed by atoms with Crippen LogP contribution in [0.1, 0.15) is 44.1 Å². The summed E-state index contributed by atoms with van der Waals surface area (Å²) in [4.78, 5) is 2.55. The number of hydrogen-bond donors (Lipinski definition) is 0. The third-order valence-corrected chi connectivity index (χ3v) is 5.64. The van der Waals surface area contributed by atoms with Crippen LogP contribution in [0.3, 0.4) is 0 Å². The van der Waals surface area contributed by atoms with Crippen molar-refractivity contribution in [3.63, 3.8) is 0 Å². The predicted octanol–water partition coefficient (Wildman–Crippen LogP) is 3.22. The molecule has 4 heteroatoms. The summed E-state index contributed by atoms with van der Waals surface area (Å²) < 4.78 is 17.6. The van der Waals surface area contributed by atoms with Crippen LogP contribution in [0.4, 0.5) is 0 Å².